The molecule has 0 amide bonds. The van der Waals surface area contributed by atoms with Crippen LogP contribution >= 0.6 is 15.9 Å². The molecule has 3 nitrogen and oxygen atoms in total. The molecule has 0 aromatic carbocycles. The van der Waals surface area contributed by atoms with Gasteiger partial charge in [-0.25, -0.2) is 4.89 Å². The Kier molecular flexibility index (Phi) is 8.87. The third-order valence-electron chi connectivity index (χ3n) is 1.51. The van der Waals surface area contributed by atoms with Gasteiger partial charge in [0.1, 0.15) is 0 Å². The molecule has 0 aromatic heterocycles. The van der Waals surface area contributed by atoms with Crippen molar-refractivity contribution in [2.24, 2.45) is 0 Å². The molecule has 4 heteroatoms. The Bertz CT molecular complexity index is 126. The summed E-state index contributed by atoms with van der Waals surface area (Å²) in [5.74, 6) is 0. The van der Waals surface area contributed by atoms with Crippen LogP contribution in [-0.4, -0.2) is 17.5 Å². The lowest BCUT2D eigenvalue weighted by atomic mass is 10.2. The maximum Gasteiger partial charge on any atom is 0.0972 e. The van der Waals surface area contributed by atoms with Crippen molar-refractivity contribution in [2.45, 2.75) is 52.1 Å². The summed E-state index contributed by atoms with van der Waals surface area (Å²) in [6, 6.07) is 0. The van der Waals surface area contributed by atoms with Crippen LogP contribution in [-0.2, 0) is 9.88 Å². The van der Waals surface area contributed by atoms with Crippen molar-refractivity contribution in [3.05, 3.63) is 0 Å². The maximum atomic E-state index is 5.04. The first kappa shape index (κ1) is 14.4. The van der Waals surface area contributed by atoms with Crippen LogP contribution in [0.2, 0.25) is 0 Å². The normalized spacial score (nSPS) is 12.0. The molecule has 0 spiro atoms. The summed E-state index contributed by atoms with van der Waals surface area (Å²) in [5.41, 5.74) is 2.54. The third-order valence-corrected chi connectivity index (χ3v) is 2.07. The monoisotopic (exact) mass is 267 g/mol. The fourth-order valence-electron chi connectivity index (χ4n) is 0.841. The van der Waals surface area contributed by atoms with E-state index >= 15 is 0 Å². The summed E-state index contributed by atoms with van der Waals surface area (Å²) in [5, 5.41) is 1.10. The predicted molar refractivity (Wildman–Crippen MR) is 62.2 cm³/mol. The van der Waals surface area contributed by atoms with E-state index in [1.54, 1.807) is 0 Å². The van der Waals surface area contributed by atoms with Gasteiger partial charge in [-0.15, -0.1) is 4.99 Å². The molecule has 0 unspecified atom stereocenters. The van der Waals surface area contributed by atoms with E-state index in [1.807, 2.05) is 20.8 Å². The highest BCUT2D eigenvalue weighted by Crippen LogP contribution is 2.05. The highest BCUT2D eigenvalue weighted by atomic mass is 79.9. The fraction of sp³-hybridized carbons (Fsp3) is 1.00. The van der Waals surface area contributed by atoms with E-state index in [0.717, 1.165) is 18.3 Å². The van der Waals surface area contributed by atoms with Gasteiger partial charge >= 0.3 is 0 Å². The van der Waals surface area contributed by atoms with Crippen molar-refractivity contribution in [2.75, 3.05) is 11.9 Å². The van der Waals surface area contributed by atoms with E-state index < -0.39 is 0 Å². The molecule has 0 aliphatic carbocycles. The zero-order chi connectivity index (χ0) is 10.9. The molecule has 0 saturated heterocycles. The molecule has 86 valence electrons. The van der Waals surface area contributed by atoms with Crippen LogP contribution in [0.3, 0.4) is 0 Å². The second kappa shape index (κ2) is 8.65. The zero-order valence-corrected chi connectivity index (χ0v) is 11.0. The van der Waals surface area contributed by atoms with E-state index in [9.17, 15) is 0 Å². The van der Waals surface area contributed by atoms with Crippen LogP contribution in [0.15, 0.2) is 0 Å². The van der Waals surface area contributed by atoms with E-state index in [1.165, 1.54) is 19.3 Å². The quantitative estimate of drug-likeness (QED) is 0.317. The van der Waals surface area contributed by atoms with Gasteiger partial charge in [0.25, 0.3) is 0 Å². The summed E-state index contributed by atoms with van der Waals surface area (Å²) < 4.78 is 0. The molecule has 0 saturated carbocycles. The summed E-state index contributed by atoms with van der Waals surface area (Å²) in [7, 11) is 0. The molecule has 0 atom stereocenters. The lowest BCUT2D eigenvalue weighted by Crippen LogP contribution is -2.26. The van der Waals surface area contributed by atoms with Gasteiger partial charge in [0.05, 0.1) is 5.60 Å². The van der Waals surface area contributed by atoms with E-state index in [-0.39, 0.29) is 5.60 Å². The highest BCUT2D eigenvalue weighted by molar-refractivity contribution is 9.09. The summed E-state index contributed by atoms with van der Waals surface area (Å²) in [4.78, 5) is 9.88. The average Bonchev–Trinajstić information content (AvgIpc) is 2.08. The maximum absolute atomic E-state index is 5.04. The van der Waals surface area contributed by atoms with Crippen molar-refractivity contribution < 1.29 is 9.88 Å². The number of hydroxylamine groups is 1. The molecule has 0 rings (SSSR count). The number of nitrogens with one attached hydrogen (secondary N) is 1. The molecule has 0 aromatic rings. The summed E-state index contributed by atoms with van der Waals surface area (Å²) in [6.45, 7) is 6.69. The zero-order valence-electron chi connectivity index (χ0n) is 9.44. The summed E-state index contributed by atoms with van der Waals surface area (Å²) >= 11 is 3.40. The Morgan fingerprint density at radius 3 is 2.29 bits per heavy atom. The Morgan fingerprint density at radius 2 is 1.71 bits per heavy atom. The van der Waals surface area contributed by atoms with Gasteiger partial charge < -0.3 is 0 Å². The Morgan fingerprint density at radius 1 is 1.07 bits per heavy atom. The van der Waals surface area contributed by atoms with E-state index in [2.05, 4.69) is 21.4 Å². The lowest BCUT2D eigenvalue weighted by Gasteiger charge is -2.17. The molecule has 0 aliphatic rings. The lowest BCUT2D eigenvalue weighted by molar-refractivity contribution is -0.383. The fourth-order valence-corrected chi connectivity index (χ4v) is 1.24. The van der Waals surface area contributed by atoms with E-state index in [4.69, 9.17) is 9.88 Å². The topological polar surface area (TPSA) is 30.5 Å². The number of halogens is 1. The molecule has 14 heavy (non-hydrogen) atoms. The minimum Gasteiger partial charge on any atom is -0.212 e. The van der Waals surface area contributed by atoms with Crippen molar-refractivity contribution in [1.29, 1.82) is 0 Å². The van der Waals surface area contributed by atoms with Crippen molar-refractivity contribution in [1.82, 2.24) is 5.48 Å². The minimum atomic E-state index is -0.247. The second-order valence-electron chi connectivity index (χ2n) is 4.28. The second-order valence-corrected chi connectivity index (χ2v) is 5.07. The molecule has 0 radical (unpaired) electrons. The van der Waals surface area contributed by atoms with E-state index in [0.29, 0.717) is 0 Å². The number of unbranched alkanes of at least 4 members (excludes halogenated alkanes) is 3. The number of rotatable bonds is 8. The molecule has 0 aliphatic heterocycles. The van der Waals surface area contributed by atoms with Gasteiger partial charge in [-0.05, 0) is 33.6 Å². The van der Waals surface area contributed by atoms with Gasteiger partial charge in [-0.1, -0.05) is 28.8 Å². The standard InChI is InChI=1S/C10H22BrNO2/c1-10(2,3)13-14-12-9-7-5-4-6-8-11/h12H,4-9H2,1-3H3. The van der Waals surface area contributed by atoms with Gasteiger partial charge in [0, 0.05) is 11.9 Å². The molecular formula is C10H22BrNO2. The van der Waals surface area contributed by atoms with Crippen LogP contribution < -0.4 is 5.48 Å². The van der Waals surface area contributed by atoms with Gasteiger partial charge in [-0.3, -0.25) is 0 Å². The number of hydrogen-bond acceptors (Lipinski definition) is 3. The van der Waals surface area contributed by atoms with Crippen molar-refractivity contribution in [3.63, 3.8) is 0 Å². The van der Waals surface area contributed by atoms with Crippen LogP contribution in [0.5, 0.6) is 0 Å². The molecule has 0 heterocycles. The van der Waals surface area contributed by atoms with Crippen LogP contribution in [0.1, 0.15) is 46.5 Å². The molecule has 0 fully saturated rings. The largest absolute Gasteiger partial charge is 0.212 e. The SMILES string of the molecule is CC(C)(C)OONCCCCCCBr. The van der Waals surface area contributed by atoms with Gasteiger partial charge in [0.15, 0.2) is 0 Å². The first-order chi connectivity index (χ1) is 6.56. The number of hydrogen-bond donors (Lipinski definition) is 1. The van der Waals surface area contributed by atoms with Crippen molar-refractivity contribution in [3.8, 4) is 0 Å². The third kappa shape index (κ3) is 12.4. The highest BCUT2D eigenvalue weighted by Gasteiger charge is 2.10. The number of alkyl halides is 1. The van der Waals surface area contributed by atoms with Crippen molar-refractivity contribution >= 4 is 15.9 Å². The van der Waals surface area contributed by atoms with Crippen LogP contribution in [0, 0.1) is 0 Å². The molecular weight excluding hydrogens is 246 g/mol. The van der Waals surface area contributed by atoms with Crippen LogP contribution in [0.4, 0.5) is 0 Å². The summed E-state index contributed by atoms with van der Waals surface area (Å²) in [6.07, 6.45) is 4.88. The van der Waals surface area contributed by atoms with Crippen LogP contribution in [0.25, 0.3) is 0 Å². The van der Waals surface area contributed by atoms with Gasteiger partial charge in [0.2, 0.25) is 0 Å². The Balaban J connectivity index is 2.99. The smallest absolute Gasteiger partial charge is 0.0972 e. The average molecular weight is 268 g/mol. The van der Waals surface area contributed by atoms with Gasteiger partial charge in [-0.2, -0.15) is 5.48 Å². The molecule has 0 bridgehead atoms. The Labute approximate surface area is 95.6 Å². The molecule has 1 N–H and O–H groups in total. The first-order valence-corrected chi connectivity index (χ1v) is 6.32. The first-order valence-electron chi connectivity index (χ1n) is 5.20. The minimum absolute atomic E-state index is 0.247. The predicted octanol–water partition coefficient (Wildman–Crippen LogP) is 3.19. The Hall–Kier alpha value is 0.360.